The van der Waals surface area contributed by atoms with Crippen molar-refractivity contribution in [3.05, 3.63) is 35.4 Å². The fraction of sp³-hybridized carbons (Fsp3) is 0.529. The Kier molecular flexibility index (Phi) is 7.57. The van der Waals surface area contributed by atoms with Crippen LogP contribution < -0.4 is 5.32 Å². The minimum Gasteiger partial charge on any atom is -0.478 e. The summed E-state index contributed by atoms with van der Waals surface area (Å²) in [5.41, 5.74) is 0.973. The minimum atomic E-state index is -3.32. The first-order valence-corrected chi connectivity index (χ1v) is 10.3. The number of carbonyl (C=O) groups is 2. The quantitative estimate of drug-likeness (QED) is 0.618. The predicted octanol–water partition coefficient (Wildman–Crippen LogP) is 0.578. The second kappa shape index (κ2) is 9.67. The lowest BCUT2D eigenvalue weighted by atomic mass is 10.1. The number of sulfonamides is 1. The Hall–Kier alpha value is -2.17. The van der Waals surface area contributed by atoms with E-state index in [2.05, 4.69) is 5.32 Å². The molecule has 2 rings (SSSR count). The van der Waals surface area contributed by atoms with Gasteiger partial charge in [0.05, 0.1) is 11.3 Å². The molecule has 9 nitrogen and oxygen atoms in total. The van der Waals surface area contributed by atoms with Crippen molar-refractivity contribution in [1.82, 2.24) is 14.5 Å². The molecule has 1 aromatic carbocycles. The molecule has 1 heterocycles. The lowest BCUT2D eigenvalue weighted by Gasteiger charge is -2.34. The van der Waals surface area contributed by atoms with E-state index in [1.165, 1.54) is 23.5 Å². The van der Waals surface area contributed by atoms with E-state index in [9.17, 15) is 18.0 Å². The molecular formula is C17H25N3O6S. The highest BCUT2D eigenvalue weighted by atomic mass is 32.2. The molecule has 2 N–H and O–H groups in total. The molecule has 0 unspecified atom stereocenters. The average molecular weight is 399 g/mol. The predicted molar refractivity (Wildman–Crippen MR) is 99.1 cm³/mol. The summed E-state index contributed by atoms with van der Waals surface area (Å²) in [4.78, 5) is 24.7. The summed E-state index contributed by atoms with van der Waals surface area (Å²) in [6, 6.07) is 5.99. The van der Waals surface area contributed by atoms with Crippen LogP contribution in [0.5, 0.6) is 0 Å². The SMILES string of the molecule is COCCCS(=O)(=O)N1CCN(C(=O)NCc2ccc(C(=O)O)cc2)CC1. The number of aromatic carboxylic acids is 1. The van der Waals surface area contributed by atoms with E-state index in [1.807, 2.05) is 0 Å². The van der Waals surface area contributed by atoms with Crippen LogP contribution in [0.1, 0.15) is 22.3 Å². The molecule has 0 spiro atoms. The highest BCUT2D eigenvalue weighted by Gasteiger charge is 2.28. The van der Waals surface area contributed by atoms with Crippen molar-refractivity contribution in [2.45, 2.75) is 13.0 Å². The van der Waals surface area contributed by atoms with Gasteiger partial charge in [0.2, 0.25) is 10.0 Å². The summed E-state index contributed by atoms with van der Waals surface area (Å²) < 4.78 is 30.8. The van der Waals surface area contributed by atoms with Gasteiger partial charge in [-0.1, -0.05) is 12.1 Å². The van der Waals surface area contributed by atoms with Gasteiger partial charge in [-0.05, 0) is 24.1 Å². The fourth-order valence-corrected chi connectivity index (χ4v) is 4.20. The van der Waals surface area contributed by atoms with Gasteiger partial charge in [0.15, 0.2) is 0 Å². The number of benzene rings is 1. The van der Waals surface area contributed by atoms with Crippen molar-refractivity contribution in [3.8, 4) is 0 Å². The highest BCUT2D eigenvalue weighted by Crippen LogP contribution is 2.10. The van der Waals surface area contributed by atoms with Crippen LogP contribution in [-0.4, -0.2) is 80.4 Å². The molecule has 0 saturated carbocycles. The largest absolute Gasteiger partial charge is 0.478 e. The van der Waals surface area contributed by atoms with E-state index in [-0.39, 0.29) is 37.0 Å². The van der Waals surface area contributed by atoms with Crippen molar-refractivity contribution in [1.29, 1.82) is 0 Å². The van der Waals surface area contributed by atoms with Gasteiger partial charge in [-0.25, -0.2) is 18.0 Å². The second-order valence-corrected chi connectivity index (χ2v) is 8.30. The van der Waals surface area contributed by atoms with E-state index >= 15 is 0 Å². The number of hydrogen-bond donors (Lipinski definition) is 2. The van der Waals surface area contributed by atoms with E-state index in [4.69, 9.17) is 9.84 Å². The molecule has 0 aromatic heterocycles. The van der Waals surface area contributed by atoms with Crippen LogP contribution >= 0.6 is 0 Å². The maximum Gasteiger partial charge on any atom is 0.335 e. The lowest BCUT2D eigenvalue weighted by molar-refractivity contribution is 0.0696. The number of piperazine rings is 1. The van der Waals surface area contributed by atoms with Crippen molar-refractivity contribution in [2.24, 2.45) is 0 Å². The number of rotatable bonds is 8. The summed E-state index contributed by atoms with van der Waals surface area (Å²) in [6.07, 6.45) is 0.445. The number of urea groups is 1. The molecule has 150 valence electrons. The molecule has 1 aromatic rings. The van der Waals surface area contributed by atoms with Crippen LogP contribution in [0.15, 0.2) is 24.3 Å². The lowest BCUT2D eigenvalue weighted by Crippen LogP contribution is -2.53. The number of carboxylic acids is 1. The van der Waals surface area contributed by atoms with Gasteiger partial charge in [0, 0.05) is 46.4 Å². The van der Waals surface area contributed by atoms with Crippen LogP contribution in [0.3, 0.4) is 0 Å². The van der Waals surface area contributed by atoms with Crippen molar-refractivity contribution in [3.63, 3.8) is 0 Å². The molecule has 0 bridgehead atoms. The summed E-state index contributed by atoms with van der Waals surface area (Å²) in [7, 11) is -1.79. The highest BCUT2D eigenvalue weighted by molar-refractivity contribution is 7.89. The molecular weight excluding hydrogens is 374 g/mol. The first kappa shape index (κ1) is 21.1. The number of nitrogens with one attached hydrogen (secondary N) is 1. The first-order valence-electron chi connectivity index (χ1n) is 8.65. The van der Waals surface area contributed by atoms with Crippen molar-refractivity contribution >= 4 is 22.0 Å². The van der Waals surface area contributed by atoms with Gasteiger partial charge in [0.25, 0.3) is 0 Å². The third kappa shape index (κ3) is 6.19. The molecule has 1 fully saturated rings. The number of hydrogen-bond acceptors (Lipinski definition) is 5. The molecule has 1 aliphatic heterocycles. The summed E-state index contributed by atoms with van der Waals surface area (Å²) >= 11 is 0. The van der Waals surface area contributed by atoms with Gasteiger partial charge in [0.1, 0.15) is 0 Å². The Morgan fingerprint density at radius 3 is 2.33 bits per heavy atom. The Labute approximate surface area is 159 Å². The normalized spacial score (nSPS) is 15.5. The zero-order valence-corrected chi connectivity index (χ0v) is 16.1. The van der Waals surface area contributed by atoms with Crippen LogP contribution in [0.25, 0.3) is 0 Å². The molecule has 27 heavy (non-hydrogen) atoms. The Bertz CT molecular complexity index is 742. The number of amides is 2. The van der Waals surface area contributed by atoms with E-state index < -0.39 is 16.0 Å². The standard InChI is InChI=1S/C17H25N3O6S/c1-26-11-2-12-27(24,25)20-9-7-19(8-10-20)17(23)18-13-14-3-5-15(6-4-14)16(21)22/h3-6H,2,7-13H2,1H3,(H,18,23)(H,21,22). The van der Waals surface area contributed by atoms with Crippen LogP contribution in [-0.2, 0) is 21.3 Å². The van der Waals surface area contributed by atoms with Crippen molar-refractivity contribution < 1.29 is 27.9 Å². The van der Waals surface area contributed by atoms with Gasteiger partial charge in [-0.3, -0.25) is 0 Å². The number of methoxy groups -OCH3 is 1. The van der Waals surface area contributed by atoms with E-state index in [0.29, 0.717) is 26.1 Å². The Morgan fingerprint density at radius 1 is 1.15 bits per heavy atom. The summed E-state index contributed by atoms with van der Waals surface area (Å²) in [6.45, 7) is 1.87. The zero-order valence-electron chi connectivity index (χ0n) is 15.3. The topological polar surface area (TPSA) is 116 Å². The summed E-state index contributed by atoms with van der Waals surface area (Å²) in [5.74, 6) is -0.958. The molecule has 0 atom stereocenters. The van der Waals surface area contributed by atoms with Gasteiger partial charge in [-0.2, -0.15) is 4.31 Å². The Morgan fingerprint density at radius 2 is 1.78 bits per heavy atom. The van der Waals surface area contributed by atoms with Gasteiger partial charge < -0.3 is 20.1 Å². The Balaban J connectivity index is 1.78. The number of nitrogens with zero attached hydrogens (tertiary/aromatic N) is 2. The maximum atomic E-state index is 12.3. The number of carboxylic acid groups (broad SMARTS) is 1. The van der Waals surface area contributed by atoms with Crippen LogP contribution in [0.2, 0.25) is 0 Å². The molecule has 1 saturated heterocycles. The number of ether oxygens (including phenoxy) is 1. The molecule has 0 radical (unpaired) electrons. The van der Waals surface area contributed by atoms with Crippen LogP contribution in [0.4, 0.5) is 4.79 Å². The third-order valence-corrected chi connectivity index (χ3v) is 6.27. The summed E-state index contributed by atoms with van der Waals surface area (Å²) in [5, 5.41) is 11.6. The third-order valence-electron chi connectivity index (χ3n) is 4.31. The van der Waals surface area contributed by atoms with Crippen molar-refractivity contribution in [2.75, 3.05) is 45.6 Å². The van der Waals surface area contributed by atoms with Gasteiger partial charge >= 0.3 is 12.0 Å². The maximum absolute atomic E-state index is 12.3. The van der Waals surface area contributed by atoms with E-state index in [0.717, 1.165) is 5.56 Å². The minimum absolute atomic E-state index is 0.0410. The molecule has 10 heteroatoms. The monoisotopic (exact) mass is 399 g/mol. The first-order chi connectivity index (χ1) is 12.8. The fourth-order valence-electron chi connectivity index (χ4n) is 2.74. The van der Waals surface area contributed by atoms with Crippen LogP contribution in [0, 0.1) is 0 Å². The smallest absolute Gasteiger partial charge is 0.335 e. The second-order valence-electron chi connectivity index (χ2n) is 6.21. The average Bonchev–Trinajstić information content (AvgIpc) is 2.66. The zero-order chi connectivity index (χ0) is 19.9. The van der Waals surface area contributed by atoms with E-state index in [1.54, 1.807) is 17.0 Å². The molecule has 1 aliphatic rings. The molecule has 0 aliphatic carbocycles. The molecule has 2 amide bonds. The number of carbonyl (C=O) groups excluding carboxylic acids is 1. The van der Waals surface area contributed by atoms with Gasteiger partial charge in [-0.15, -0.1) is 0 Å².